The van der Waals surface area contributed by atoms with E-state index in [9.17, 15) is 4.79 Å². The highest BCUT2D eigenvalue weighted by Crippen LogP contribution is 1.79. The maximum Gasteiger partial charge on any atom is 0.290 e. The molecule has 0 saturated heterocycles. The van der Waals surface area contributed by atoms with Crippen LogP contribution in [0.5, 0.6) is 0 Å². The molecule has 3 heteroatoms. The SMILES string of the molecule is CC(C)=O.O=CO.c1ccccc1. The molecule has 0 unspecified atom stereocenters. The molecule has 0 aromatic heterocycles. The Morgan fingerprint density at radius 2 is 1.08 bits per heavy atom. The molecule has 1 aromatic carbocycles. The Bertz CT molecular complexity index is 176. The predicted octanol–water partition coefficient (Wildman–Crippen LogP) is 1.98. The van der Waals surface area contributed by atoms with E-state index in [1.54, 1.807) is 0 Å². The highest BCUT2D eigenvalue weighted by atomic mass is 16.3. The first-order chi connectivity index (χ1) is 6.15. The van der Waals surface area contributed by atoms with Gasteiger partial charge in [-0.15, -0.1) is 0 Å². The quantitative estimate of drug-likeness (QED) is 0.624. The molecule has 0 aliphatic rings. The van der Waals surface area contributed by atoms with Crippen LogP contribution in [-0.4, -0.2) is 17.4 Å². The van der Waals surface area contributed by atoms with Crippen LogP contribution in [0.1, 0.15) is 13.8 Å². The van der Waals surface area contributed by atoms with Gasteiger partial charge < -0.3 is 9.90 Å². The van der Waals surface area contributed by atoms with E-state index < -0.39 is 0 Å². The second-order valence-corrected chi connectivity index (χ2v) is 2.17. The van der Waals surface area contributed by atoms with Crippen molar-refractivity contribution < 1.29 is 14.7 Å². The number of rotatable bonds is 0. The fourth-order valence-corrected chi connectivity index (χ4v) is 0.385. The Kier molecular flexibility index (Phi) is 13.9. The Labute approximate surface area is 78.0 Å². The predicted molar refractivity (Wildman–Crippen MR) is 51.5 cm³/mol. The maximum absolute atomic E-state index is 9.44. The molecule has 0 spiro atoms. The number of carbonyl (C=O) groups is 2. The van der Waals surface area contributed by atoms with E-state index in [0.717, 1.165) is 0 Å². The van der Waals surface area contributed by atoms with E-state index in [4.69, 9.17) is 9.90 Å². The van der Waals surface area contributed by atoms with Crippen LogP contribution in [0.2, 0.25) is 0 Å². The van der Waals surface area contributed by atoms with Gasteiger partial charge in [-0.3, -0.25) is 4.79 Å². The maximum atomic E-state index is 9.44. The molecule has 1 aromatic rings. The third kappa shape index (κ3) is 38.1. The highest BCUT2D eigenvalue weighted by Gasteiger charge is 1.62. The van der Waals surface area contributed by atoms with Gasteiger partial charge in [-0.05, 0) is 13.8 Å². The van der Waals surface area contributed by atoms with Crippen molar-refractivity contribution in [2.24, 2.45) is 0 Å². The summed E-state index contributed by atoms with van der Waals surface area (Å²) in [7, 11) is 0. The minimum absolute atomic E-state index is 0.167. The van der Waals surface area contributed by atoms with Crippen LogP contribution < -0.4 is 0 Å². The average molecular weight is 182 g/mol. The molecule has 1 rings (SSSR count). The van der Waals surface area contributed by atoms with Crippen LogP contribution >= 0.6 is 0 Å². The molecule has 72 valence electrons. The van der Waals surface area contributed by atoms with Crippen LogP contribution in [0.4, 0.5) is 0 Å². The molecule has 0 saturated carbocycles. The number of carboxylic acid groups (broad SMARTS) is 1. The normalized spacial score (nSPS) is 6.62. The third-order valence-corrected chi connectivity index (χ3v) is 0.667. The lowest BCUT2D eigenvalue weighted by Gasteiger charge is -1.69. The molecule has 1 N–H and O–H groups in total. The number of ketones is 1. The number of benzene rings is 1. The molecule has 0 atom stereocenters. The van der Waals surface area contributed by atoms with Crippen molar-refractivity contribution in [1.29, 1.82) is 0 Å². The first kappa shape index (κ1) is 13.9. The summed E-state index contributed by atoms with van der Waals surface area (Å²) in [6, 6.07) is 12.0. The summed E-state index contributed by atoms with van der Waals surface area (Å²) in [5, 5.41) is 6.89. The molecule has 0 bridgehead atoms. The monoisotopic (exact) mass is 182 g/mol. The minimum Gasteiger partial charge on any atom is -0.483 e. The van der Waals surface area contributed by atoms with Crippen molar-refractivity contribution in [1.82, 2.24) is 0 Å². The lowest BCUT2D eigenvalue weighted by molar-refractivity contribution is -0.123. The standard InChI is InChI=1S/C6H6.C3H6O.CH2O2/c1-2-4-6-5-3-1;1-3(2)4;2-1-3/h1-6H;1-2H3;1H,(H,2,3). The van der Waals surface area contributed by atoms with Crippen LogP contribution in [0, 0.1) is 0 Å². The van der Waals surface area contributed by atoms with E-state index in [0.29, 0.717) is 0 Å². The zero-order valence-electron chi connectivity index (χ0n) is 7.81. The number of Topliss-reactive ketones (excluding diaryl/α,β-unsaturated/α-hetero) is 1. The van der Waals surface area contributed by atoms with Gasteiger partial charge >= 0.3 is 0 Å². The summed E-state index contributed by atoms with van der Waals surface area (Å²) in [5.74, 6) is 0.167. The molecular formula is C10H14O3. The van der Waals surface area contributed by atoms with Gasteiger partial charge in [0.1, 0.15) is 5.78 Å². The number of hydrogen-bond acceptors (Lipinski definition) is 2. The Hall–Kier alpha value is -1.64. The first-order valence-corrected chi connectivity index (χ1v) is 3.70. The molecule has 0 amide bonds. The largest absolute Gasteiger partial charge is 0.483 e. The number of hydrogen-bond donors (Lipinski definition) is 1. The van der Waals surface area contributed by atoms with Gasteiger partial charge in [-0.25, -0.2) is 0 Å². The summed E-state index contributed by atoms with van der Waals surface area (Å²) >= 11 is 0. The minimum atomic E-state index is -0.250. The van der Waals surface area contributed by atoms with E-state index in [2.05, 4.69) is 0 Å². The van der Waals surface area contributed by atoms with Gasteiger partial charge in [0.05, 0.1) is 0 Å². The van der Waals surface area contributed by atoms with Crippen LogP contribution in [0.15, 0.2) is 36.4 Å². The summed E-state index contributed by atoms with van der Waals surface area (Å²) < 4.78 is 0. The van der Waals surface area contributed by atoms with E-state index in [1.165, 1.54) is 13.8 Å². The zero-order chi connectivity index (χ0) is 10.5. The van der Waals surface area contributed by atoms with E-state index >= 15 is 0 Å². The Morgan fingerprint density at radius 1 is 1.00 bits per heavy atom. The molecule has 3 nitrogen and oxygen atoms in total. The molecule has 0 fully saturated rings. The first-order valence-electron chi connectivity index (χ1n) is 3.70. The second kappa shape index (κ2) is 13.0. The fraction of sp³-hybridized carbons (Fsp3) is 0.200. The fourth-order valence-electron chi connectivity index (χ4n) is 0.385. The average Bonchev–Trinajstić information content (AvgIpc) is 2.08. The Morgan fingerprint density at radius 3 is 1.15 bits per heavy atom. The van der Waals surface area contributed by atoms with E-state index in [-0.39, 0.29) is 12.3 Å². The summed E-state index contributed by atoms with van der Waals surface area (Å²) in [5.41, 5.74) is 0. The van der Waals surface area contributed by atoms with Crippen LogP contribution in [-0.2, 0) is 9.59 Å². The van der Waals surface area contributed by atoms with Crippen molar-refractivity contribution in [3.05, 3.63) is 36.4 Å². The molecule has 0 heterocycles. The van der Waals surface area contributed by atoms with E-state index in [1.807, 2.05) is 36.4 Å². The van der Waals surface area contributed by atoms with Gasteiger partial charge in [0.25, 0.3) is 6.47 Å². The molecule has 0 aliphatic heterocycles. The van der Waals surface area contributed by atoms with Crippen molar-refractivity contribution in [2.75, 3.05) is 0 Å². The van der Waals surface area contributed by atoms with Crippen molar-refractivity contribution in [3.63, 3.8) is 0 Å². The van der Waals surface area contributed by atoms with Gasteiger partial charge in [0.2, 0.25) is 0 Å². The third-order valence-electron chi connectivity index (χ3n) is 0.667. The summed E-state index contributed by atoms with van der Waals surface area (Å²) in [4.78, 5) is 17.8. The molecule has 13 heavy (non-hydrogen) atoms. The summed E-state index contributed by atoms with van der Waals surface area (Å²) in [6.45, 7) is 2.81. The van der Waals surface area contributed by atoms with Gasteiger partial charge in [0, 0.05) is 0 Å². The lowest BCUT2D eigenvalue weighted by atomic mass is 10.4. The second-order valence-electron chi connectivity index (χ2n) is 2.17. The molecular weight excluding hydrogens is 168 g/mol. The Balaban J connectivity index is 0. The smallest absolute Gasteiger partial charge is 0.290 e. The van der Waals surface area contributed by atoms with Gasteiger partial charge in [0.15, 0.2) is 0 Å². The van der Waals surface area contributed by atoms with Crippen LogP contribution in [0.3, 0.4) is 0 Å². The van der Waals surface area contributed by atoms with Crippen LogP contribution in [0.25, 0.3) is 0 Å². The van der Waals surface area contributed by atoms with Gasteiger partial charge in [-0.2, -0.15) is 0 Å². The van der Waals surface area contributed by atoms with Crippen molar-refractivity contribution in [2.45, 2.75) is 13.8 Å². The van der Waals surface area contributed by atoms with Gasteiger partial charge in [-0.1, -0.05) is 36.4 Å². The zero-order valence-corrected chi connectivity index (χ0v) is 7.81. The van der Waals surface area contributed by atoms with Crippen molar-refractivity contribution in [3.8, 4) is 0 Å². The molecule has 0 aliphatic carbocycles. The number of carbonyl (C=O) groups excluding carboxylic acids is 1. The lowest BCUT2D eigenvalue weighted by Crippen LogP contribution is -1.69. The molecule has 0 radical (unpaired) electrons. The highest BCUT2D eigenvalue weighted by molar-refractivity contribution is 5.72. The van der Waals surface area contributed by atoms with Crippen molar-refractivity contribution >= 4 is 12.3 Å². The summed E-state index contributed by atoms with van der Waals surface area (Å²) in [6.07, 6.45) is 0. The topological polar surface area (TPSA) is 54.4 Å².